The summed E-state index contributed by atoms with van der Waals surface area (Å²) in [7, 11) is 1.58. The topological polar surface area (TPSA) is 46.3 Å². The molecule has 2 N–H and O–H groups in total. The molecule has 2 rings (SSSR count). The average Bonchev–Trinajstić information content (AvgIpc) is 2.46. The number of rotatable bonds is 3. The summed E-state index contributed by atoms with van der Waals surface area (Å²) in [5.74, 6) is -1.01. The number of anilines is 1. The van der Waals surface area contributed by atoms with Crippen LogP contribution in [0.3, 0.4) is 0 Å². The van der Waals surface area contributed by atoms with Crippen LogP contribution in [0.15, 0.2) is 46.9 Å². The first kappa shape index (κ1) is 15.6. The van der Waals surface area contributed by atoms with E-state index in [9.17, 15) is 9.18 Å². The van der Waals surface area contributed by atoms with Crippen LogP contribution in [0.5, 0.6) is 0 Å². The van der Waals surface area contributed by atoms with Gasteiger partial charge >= 0.3 is 0 Å². The minimum atomic E-state index is -0.569. The highest BCUT2D eigenvalue weighted by molar-refractivity contribution is 9.10. The normalized spacial score (nSPS) is 10.2. The molecule has 2 aromatic carbocycles. The Hall–Kier alpha value is -1.79. The fourth-order valence-corrected chi connectivity index (χ4v) is 2.48. The van der Waals surface area contributed by atoms with Gasteiger partial charge < -0.3 is 10.6 Å². The SMILES string of the molecule is CN(C(=O)c1c(F)cccc1Br)c1ccc(C(N)=S)cc1. The molecule has 0 atom stereocenters. The van der Waals surface area contributed by atoms with Crippen LogP contribution in [0, 0.1) is 5.82 Å². The number of hydrogen-bond donors (Lipinski definition) is 1. The van der Waals surface area contributed by atoms with Gasteiger partial charge in [-0.2, -0.15) is 0 Å². The van der Waals surface area contributed by atoms with E-state index in [2.05, 4.69) is 15.9 Å². The van der Waals surface area contributed by atoms with Crippen molar-refractivity contribution in [3.05, 3.63) is 63.9 Å². The Morgan fingerprint density at radius 3 is 2.38 bits per heavy atom. The van der Waals surface area contributed by atoms with E-state index in [1.165, 1.54) is 17.0 Å². The van der Waals surface area contributed by atoms with Gasteiger partial charge in [-0.1, -0.05) is 18.3 Å². The lowest BCUT2D eigenvalue weighted by atomic mass is 10.1. The van der Waals surface area contributed by atoms with Gasteiger partial charge in [0.2, 0.25) is 0 Å². The molecule has 0 unspecified atom stereocenters. The van der Waals surface area contributed by atoms with Gasteiger partial charge in [-0.25, -0.2) is 4.39 Å². The molecule has 0 aliphatic heterocycles. The van der Waals surface area contributed by atoms with E-state index in [1.807, 2.05) is 0 Å². The third-order valence-electron chi connectivity index (χ3n) is 3.02. The number of halogens is 2. The molecule has 0 saturated heterocycles. The lowest BCUT2D eigenvalue weighted by Crippen LogP contribution is -2.27. The zero-order valence-electron chi connectivity index (χ0n) is 11.1. The molecule has 2 aromatic rings. The van der Waals surface area contributed by atoms with Gasteiger partial charge in [0.15, 0.2) is 0 Å². The van der Waals surface area contributed by atoms with Crippen LogP contribution in [0.4, 0.5) is 10.1 Å². The smallest absolute Gasteiger partial charge is 0.262 e. The number of hydrogen-bond acceptors (Lipinski definition) is 2. The summed E-state index contributed by atoms with van der Waals surface area (Å²) in [5, 5.41) is 0. The number of nitrogens with two attached hydrogens (primary N) is 1. The highest BCUT2D eigenvalue weighted by Gasteiger charge is 2.20. The van der Waals surface area contributed by atoms with Gasteiger partial charge in [0.1, 0.15) is 10.8 Å². The van der Waals surface area contributed by atoms with Crippen LogP contribution >= 0.6 is 28.1 Å². The monoisotopic (exact) mass is 366 g/mol. The van der Waals surface area contributed by atoms with Crippen LogP contribution in [0.1, 0.15) is 15.9 Å². The Morgan fingerprint density at radius 1 is 1.24 bits per heavy atom. The number of carbonyl (C=O) groups excluding carboxylic acids is 1. The molecular formula is C15H12BrFN2OS. The first-order valence-electron chi connectivity index (χ1n) is 6.03. The number of benzene rings is 2. The van der Waals surface area contributed by atoms with Crippen molar-refractivity contribution in [1.82, 2.24) is 0 Å². The molecular weight excluding hydrogens is 355 g/mol. The minimum Gasteiger partial charge on any atom is -0.389 e. The minimum absolute atomic E-state index is 0.00146. The van der Waals surface area contributed by atoms with Crippen LogP contribution in [0.25, 0.3) is 0 Å². The fraction of sp³-hybridized carbons (Fsp3) is 0.0667. The quantitative estimate of drug-likeness (QED) is 0.845. The molecule has 0 spiro atoms. The van der Waals surface area contributed by atoms with E-state index in [-0.39, 0.29) is 10.6 Å². The van der Waals surface area contributed by atoms with E-state index in [4.69, 9.17) is 18.0 Å². The second-order valence-corrected chi connectivity index (χ2v) is 5.67. The fourth-order valence-electron chi connectivity index (χ4n) is 1.84. The Labute approximate surface area is 135 Å². The molecule has 0 radical (unpaired) electrons. The summed E-state index contributed by atoms with van der Waals surface area (Å²) in [6.07, 6.45) is 0. The summed E-state index contributed by atoms with van der Waals surface area (Å²) < 4.78 is 14.3. The summed E-state index contributed by atoms with van der Waals surface area (Å²) in [6, 6.07) is 11.3. The highest BCUT2D eigenvalue weighted by Crippen LogP contribution is 2.24. The largest absolute Gasteiger partial charge is 0.389 e. The predicted octanol–water partition coefficient (Wildman–Crippen LogP) is 3.50. The predicted molar refractivity (Wildman–Crippen MR) is 89.2 cm³/mol. The molecule has 0 saturated carbocycles. The Balaban J connectivity index is 2.33. The first-order chi connectivity index (χ1) is 9.91. The molecule has 0 aromatic heterocycles. The number of amides is 1. The van der Waals surface area contributed by atoms with E-state index in [1.54, 1.807) is 37.4 Å². The lowest BCUT2D eigenvalue weighted by Gasteiger charge is -2.18. The number of thiocarbonyl (C=S) groups is 1. The Kier molecular flexibility index (Phi) is 4.69. The third-order valence-corrected chi connectivity index (χ3v) is 3.92. The van der Waals surface area contributed by atoms with Crippen molar-refractivity contribution in [2.45, 2.75) is 0 Å². The summed E-state index contributed by atoms with van der Waals surface area (Å²) in [4.78, 5) is 14.1. The van der Waals surface area contributed by atoms with Gasteiger partial charge in [0, 0.05) is 22.8 Å². The molecule has 1 amide bonds. The van der Waals surface area contributed by atoms with Crippen molar-refractivity contribution < 1.29 is 9.18 Å². The van der Waals surface area contributed by atoms with E-state index >= 15 is 0 Å². The standard InChI is InChI=1S/C15H12BrFN2OS/c1-19(10-7-5-9(6-8-10)14(18)21)15(20)13-11(16)3-2-4-12(13)17/h2-8H,1H3,(H2,18,21). The van der Waals surface area contributed by atoms with Crippen molar-refractivity contribution in [2.24, 2.45) is 5.73 Å². The third kappa shape index (κ3) is 3.28. The van der Waals surface area contributed by atoms with Gasteiger partial charge in [-0.15, -0.1) is 0 Å². The number of carbonyl (C=O) groups is 1. The van der Waals surface area contributed by atoms with Crippen molar-refractivity contribution in [2.75, 3.05) is 11.9 Å². The zero-order chi connectivity index (χ0) is 15.6. The molecule has 108 valence electrons. The van der Waals surface area contributed by atoms with Crippen molar-refractivity contribution in [1.29, 1.82) is 0 Å². The summed E-state index contributed by atoms with van der Waals surface area (Å²) in [5.41, 5.74) is 6.85. The van der Waals surface area contributed by atoms with Crippen LogP contribution in [-0.4, -0.2) is 17.9 Å². The van der Waals surface area contributed by atoms with Crippen molar-refractivity contribution >= 4 is 44.7 Å². The second-order valence-electron chi connectivity index (χ2n) is 4.37. The van der Waals surface area contributed by atoms with E-state index in [0.717, 1.165) is 0 Å². The summed E-state index contributed by atoms with van der Waals surface area (Å²) in [6.45, 7) is 0. The van der Waals surface area contributed by atoms with Crippen LogP contribution in [-0.2, 0) is 0 Å². The number of nitrogens with zero attached hydrogens (tertiary/aromatic N) is 1. The molecule has 3 nitrogen and oxygen atoms in total. The average molecular weight is 367 g/mol. The van der Waals surface area contributed by atoms with E-state index < -0.39 is 11.7 Å². The molecule has 6 heteroatoms. The van der Waals surface area contributed by atoms with Crippen LogP contribution < -0.4 is 10.6 Å². The second kappa shape index (κ2) is 6.32. The van der Waals surface area contributed by atoms with Crippen LogP contribution in [0.2, 0.25) is 0 Å². The maximum Gasteiger partial charge on any atom is 0.262 e. The summed E-state index contributed by atoms with van der Waals surface area (Å²) >= 11 is 8.07. The maximum absolute atomic E-state index is 13.8. The van der Waals surface area contributed by atoms with Gasteiger partial charge in [0.05, 0.1) is 5.56 Å². The Bertz CT molecular complexity index is 683. The maximum atomic E-state index is 13.8. The van der Waals surface area contributed by atoms with Crippen molar-refractivity contribution in [3.63, 3.8) is 0 Å². The zero-order valence-corrected chi connectivity index (χ0v) is 13.5. The molecule has 0 bridgehead atoms. The van der Waals surface area contributed by atoms with Crippen molar-refractivity contribution in [3.8, 4) is 0 Å². The van der Waals surface area contributed by atoms with Gasteiger partial charge in [-0.05, 0) is 52.3 Å². The molecule has 0 fully saturated rings. The Morgan fingerprint density at radius 2 is 1.86 bits per heavy atom. The van der Waals surface area contributed by atoms with Gasteiger partial charge in [-0.3, -0.25) is 4.79 Å². The molecule has 0 aliphatic carbocycles. The highest BCUT2D eigenvalue weighted by atomic mass is 79.9. The first-order valence-corrected chi connectivity index (χ1v) is 7.24. The lowest BCUT2D eigenvalue weighted by molar-refractivity contribution is 0.0988. The molecule has 0 heterocycles. The molecule has 21 heavy (non-hydrogen) atoms. The van der Waals surface area contributed by atoms with Gasteiger partial charge in [0.25, 0.3) is 5.91 Å². The molecule has 0 aliphatic rings. The van der Waals surface area contributed by atoms with E-state index in [0.29, 0.717) is 15.7 Å².